The van der Waals surface area contributed by atoms with Crippen molar-refractivity contribution in [3.63, 3.8) is 0 Å². The molecule has 6 rings (SSSR count). The first-order valence-corrected chi connectivity index (χ1v) is 14.1. The van der Waals surface area contributed by atoms with Gasteiger partial charge in [0.05, 0.1) is 36.1 Å². The Morgan fingerprint density at radius 3 is 2.46 bits per heavy atom. The highest BCUT2D eigenvalue weighted by atomic mass is 16.5. The second kappa shape index (κ2) is 11.2. The fraction of sp³-hybridized carbons (Fsp3) is 0.387. The Morgan fingerprint density at radius 2 is 1.80 bits per heavy atom. The van der Waals surface area contributed by atoms with Gasteiger partial charge in [-0.2, -0.15) is 10.4 Å². The van der Waals surface area contributed by atoms with E-state index in [9.17, 15) is 15.2 Å². The number of benzene rings is 1. The van der Waals surface area contributed by atoms with Crippen LogP contribution < -0.4 is 9.80 Å². The van der Waals surface area contributed by atoms with Crippen LogP contribution in [0.2, 0.25) is 0 Å². The lowest BCUT2D eigenvalue weighted by molar-refractivity contribution is 0.0691. The van der Waals surface area contributed by atoms with Gasteiger partial charge in [0.2, 0.25) is 0 Å². The minimum Gasteiger partial charge on any atom is -0.477 e. The van der Waals surface area contributed by atoms with E-state index in [0.717, 1.165) is 78.4 Å². The van der Waals surface area contributed by atoms with E-state index in [0.29, 0.717) is 18.9 Å². The van der Waals surface area contributed by atoms with Crippen molar-refractivity contribution in [3.05, 3.63) is 60.0 Å². The molecule has 0 atom stereocenters. The minimum absolute atomic E-state index is 0.0454. The van der Waals surface area contributed by atoms with Crippen LogP contribution in [0.3, 0.4) is 0 Å². The number of hydrogen-bond acceptors (Lipinski definition) is 8. The lowest BCUT2D eigenvalue weighted by atomic mass is 9.97. The fourth-order valence-corrected chi connectivity index (χ4v) is 5.68. The highest BCUT2D eigenvalue weighted by molar-refractivity contribution is 6.00. The van der Waals surface area contributed by atoms with Crippen molar-refractivity contribution in [1.82, 2.24) is 19.7 Å². The standard InChI is InChI=1S/C31H33N7O3/c1-20(2)29-28-25(22-6-7-27(33-19-22)37-10-8-21(18-32)9-11-37)17-26(31(39)40)34-30(28)38(35-29)24-5-3-4-23(16-24)36-12-14-41-15-13-36/h3-7,16-17,19-21H,8-15H2,1-2H3,(H,39,40). The van der Waals surface area contributed by atoms with Crippen molar-refractivity contribution in [2.24, 2.45) is 5.92 Å². The SMILES string of the molecule is CC(C)c1nn(-c2cccc(N3CCOCC3)c2)c2nc(C(=O)O)cc(-c3ccc(N4CCC(C#N)CC4)nc3)c12. The van der Waals surface area contributed by atoms with Gasteiger partial charge in [0.15, 0.2) is 11.3 Å². The summed E-state index contributed by atoms with van der Waals surface area (Å²) < 4.78 is 7.29. The van der Waals surface area contributed by atoms with Gasteiger partial charge in [-0.25, -0.2) is 19.4 Å². The topological polar surface area (TPSA) is 120 Å². The van der Waals surface area contributed by atoms with Gasteiger partial charge in [-0.15, -0.1) is 0 Å². The molecular formula is C31H33N7O3. The molecular weight excluding hydrogens is 518 g/mol. The van der Waals surface area contributed by atoms with E-state index in [1.54, 1.807) is 16.9 Å². The zero-order valence-electron chi connectivity index (χ0n) is 23.3. The largest absolute Gasteiger partial charge is 0.477 e. The summed E-state index contributed by atoms with van der Waals surface area (Å²) in [5.74, 6) is -0.0655. The van der Waals surface area contributed by atoms with Gasteiger partial charge in [0, 0.05) is 49.5 Å². The molecule has 41 heavy (non-hydrogen) atoms. The number of aromatic nitrogens is 4. The first-order valence-electron chi connectivity index (χ1n) is 14.1. The number of rotatable bonds is 6. The van der Waals surface area contributed by atoms with E-state index in [2.05, 4.69) is 46.8 Å². The lowest BCUT2D eigenvalue weighted by Gasteiger charge is -2.30. The van der Waals surface area contributed by atoms with E-state index >= 15 is 0 Å². The van der Waals surface area contributed by atoms with Crippen molar-refractivity contribution in [3.8, 4) is 22.9 Å². The van der Waals surface area contributed by atoms with Crippen LogP contribution in [0.5, 0.6) is 0 Å². The Bertz CT molecular complexity index is 1610. The van der Waals surface area contributed by atoms with Gasteiger partial charge in [-0.3, -0.25) is 0 Å². The van der Waals surface area contributed by atoms with Crippen molar-refractivity contribution in [1.29, 1.82) is 5.26 Å². The molecule has 2 saturated heterocycles. The van der Waals surface area contributed by atoms with Crippen molar-refractivity contribution >= 4 is 28.5 Å². The number of piperidine rings is 1. The predicted molar refractivity (Wildman–Crippen MR) is 157 cm³/mol. The van der Waals surface area contributed by atoms with Crippen molar-refractivity contribution in [2.45, 2.75) is 32.6 Å². The fourth-order valence-electron chi connectivity index (χ4n) is 5.68. The Labute approximate surface area is 238 Å². The Hall–Kier alpha value is -4.49. The van der Waals surface area contributed by atoms with E-state index < -0.39 is 5.97 Å². The highest BCUT2D eigenvalue weighted by Gasteiger charge is 2.24. The Balaban J connectivity index is 1.45. The van der Waals surface area contributed by atoms with Crippen LogP contribution in [0, 0.1) is 17.2 Å². The van der Waals surface area contributed by atoms with Crippen LogP contribution in [0.15, 0.2) is 48.7 Å². The zero-order chi connectivity index (χ0) is 28.5. The van der Waals surface area contributed by atoms with Gasteiger partial charge in [-0.1, -0.05) is 19.9 Å². The van der Waals surface area contributed by atoms with Crippen LogP contribution >= 0.6 is 0 Å². The molecule has 210 valence electrons. The number of morpholine rings is 1. The molecule has 0 amide bonds. The average molecular weight is 552 g/mol. The molecule has 2 fully saturated rings. The van der Waals surface area contributed by atoms with Gasteiger partial charge in [0.25, 0.3) is 0 Å². The summed E-state index contributed by atoms with van der Waals surface area (Å²) in [4.78, 5) is 26.1. The number of carbonyl (C=O) groups is 1. The first-order chi connectivity index (χ1) is 19.9. The van der Waals surface area contributed by atoms with E-state index in [-0.39, 0.29) is 17.5 Å². The summed E-state index contributed by atoms with van der Waals surface area (Å²) in [7, 11) is 0. The van der Waals surface area contributed by atoms with E-state index in [4.69, 9.17) is 14.8 Å². The third-order valence-electron chi connectivity index (χ3n) is 7.94. The molecule has 10 heteroatoms. The monoisotopic (exact) mass is 551 g/mol. The smallest absolute Gasteiger partial charge is 0.354 e. The first kappa shape index (κ1) is 26.7. The van der Waals surface area contributed by atoms with Crippen LogP contribution in [0.25, 0.3) is 27.8 Å². The number of carboxylic acid groups (broad SMARTS) is 1. The molecule has 0 radical (unpaired) electrons. The number of pyridine rings is 2. The molecule has 0 aliphatic carbocycles. The number of nitriles is 1. The highest BCUT2D eigenvalue weighted by Crippen LogP contribution is 2.36. The molecule has 4 aromatic rings. The Kier molecular flexibility index (Phi) is 7.28. The van der Waals surface area contributed by atoms with Gasteiger partial charge in [0.1, 0.15) is 5.82 Å². The maximum Gasteiger partial charge on any atom is 0.354 e. The van der Waals surface area contributed by atoms with Gasteiger partial charge in [-0.05, 0) is 60.7 Å². The molecule has 0 unspecified atom stereocenters. The van der Waals surface area contributed by atoms with Crippen LogP contribution in [-0.4, -0.2) is 70.2 Å². The summed E-state index contributed by atoms with van der Waals surface area (Å²) >= 11 is 0. The number of anilines is 2. The van der Waals surface area contributed by atoms with Crippen LogP contribution in [-0.2, 0) is 4.74 Å². The second-order valence-corrected chi connectivity index (χ2v) is 10.9. The maximum absolute atomic E-state index is 12.2. The van der Waals surface area contributed by atoms with Crippen LogP contribution in [0.1, 0.15) is 48.8 Å². The van der Waals surface area contributed by atoms with Crippen molar-refractivity contribution in [2.75, 3.05) is 49.2 Å². The minimum atomic E-state index is -1.10. The molecule has 0 spiro atoms. The number of nitrogens with zero attached hydrogens (tertiary/aromatic N) is 7. The molecule has 0 bridgehead atoms. The number of aromatic carboxylic acids is 1. The quantitative estimate of drug-likeness (QED) is 0.357. The predicted octanol–water partition coefficient (Wildman–Crippen LogP) is 4.88. The number of ether oxygens (including phenoxy) is 1. The van der Waals surface area contributed by atoms with Gasteiger partial charge < -0.3 is 19.6 Å². The number of carboxylic acids is 1. The molecule has 2 aliphatic heterocycles. The summed E-state index contributed by atoms with van der Waals surface area (Å²) in [5, 5.41) is 25.1. The summed E-state index contributed by atoms with van der Waals surface area (Å²) in [6, 6.07) is 16.1. The number of fused-ring (bicyclic) bond motifs is 1. The van der Waals surface area contributed by atoms with Crippen LogP contribution in [0.4, 0.5) is 11.5 Å². The van der Waals surface area contributed by atoms with E-state index in [1.165, 1.54) is 0 Å². The average Bonchev–Trinajstić information content (AvgIpc) is 3.41. The maximum atomic E-state index is 12.2. The molecule has 10 nitrogen and oxygen atoms in total. The summed E-state index contributed by atoms with van der Waals surface area (Å²) in [6.07, 6.45) is 3.46. The normalized spacial score (nSPS) is 16.3. The summed E-state index contributed by atoms with van der Waals surface area (Å²) in [5.41, 5.74) is 4.74. The molecule has 2 aliphatic rings. The third kappa shape index (κ3) is 5.21. The Morgan fingerprint density at radius 1 is 1.05 bits per heavy atom. The molecule has 1 N–H and O–H groups in total. The third-order valence-corrected chi connectivity index (χ3v) is 7.94. The molecule has 1 aromatic carbocycles. The number of hydrogen-bond donors (Lipinski definition) is 1. The molecule has 0 saturated carbocycles. The summed E-state index contributed by atoms with van der Waals surface area (Å²) in [6.45, 7) is 8.74. The van der Waals surface area contributed by atoms with Gasteiger partial charge >= 0.3 is 5.97 Å². The van der Waals surface area contributed by atoms with Crippen molar-refractivity contribution < 1.29 is 14.6 Å². The second-order valence-electron chi connectivity index (χ2n) is 10.9. The zero-order valence-corrected chi connectivity index (χ0v) is 23.3. The molecule has 5 heterocycles. The molecule has 3 aromatic heterocycles. The van der Waals surface area contributed by atoms with E-state index in [1.807, 2.05) is 24.3 Å². The lowest BCUT2D eigenvalue weighted by Crippen LogP contribution is -2.36.